The zero-order valence-corrected chi connectivity index (χ0v) is 33.4. The molecule has 3 aromatic rings. The molecule has 61 heavy (non-hydrogen) atoms. The lowest BCUT2D eigenvalue weighted by molar-refractivity contribution is -0.142. The largest absolute Gasteiger partial charge is 0.508 e. The van der Waals surface area contributed by atoms with Gasteiger partial charge in [-0.2, -0.15) is 0 Å². The average molecular weight is 850 g/mol. The van der Waals surface area contributed by atoms with Gasteiger partial charge in [-0.25, -0.2) is 4.79 Å². The zero-order valence-electron chi connectivity index (χ0n) is 33.4. The predicted octanol–water partition coefficient (Wildman–Crippen LogP) is -0.937. The van der Waals surface area contributed by atoms with Gasteiger partial charge in [-0.1, -0.05) is 50.2 Å². The molecule has 0 aliphatic rings. The van der Waals surface area contributed by atoms with Gasteiger partial charge in [-0.3, -0.25) is 33.6 Å². The summed E-state index contributed by atoms with van der Waals surface area (Å²) in [6, 6.07) is 7.54. The van der Waals surface area contributed by atoms with Gasteiger partial charge in [0.05, 0.1) is 18.9 Å². The summed E-state index contributed by atoms with van der Waals surface area (Å²) in [5.74, 6) is -9.52. The Labute approximate surface area is 350 Å². The number of hydrogen-bond acceptors (Lipinski definition) is 12. The lowest BCUT2D eigenvalue weighted by Crippen LogP contribution is -2.60. The van der Waals surface area contributed by atoms with Crippen LogP contribution in [0.4, 0.5) is 0 Å². The van der Waals surface area contributed by atoms with Crippen molar-refractivity contribution in [2.75, 3.05) is 0 Å². The second-order valence-corrected chi connectivity index (χ2v) is 14.8. The minimum absolute atomic E-state index is 0.0187. The lowest BCUT2D eigenvalue weighted by Gasteiger charge is -2.27. The SMILES string of the molecule is CC(C)C[C@H](NC(=O)[C@H](CC(N)=O)NC(=O)[C@H](Cc1ccc(O)cc1)NC(=O)[C@H](CC(=O)O)NC(=O)[C@@H](N)Cc1ccc(O)cc1)C(=O)N[C@@H](Cc1ccc(O)cc1)C(=O)O. The van der Waals surface area contributed by atoms with Crippen LogP contribution < -0.4 is 38.1 Å². The number of nitrogens with two attached hydrogens (primary N) is 2. The Balaban J connectivity index is 1.85. The number of aromatic hydroxyl groups is 3. The van der Waals surface area contributed by atoms with E-state index in [2.05, 4.69) is 26.6 Å². The lowest BCUT2D eigenvalue weighted by atomic mass is 10.0. The van der Waals surface area contributed by atoms with Gasteiger partial charge >= 0.3 is 11.9 Å². The number of phenolic OH excluding ortho intramolecular Hbond substituents is 3. The maximum absolute atomic E-state index is 14.0. The number of carbonyl (C=O) groups is 8. The first-order valence-electron chi connectivity index (χ1n) is 19.0. The summed E-state index contributed by atoms with van der Waals surface area (Å²) in [6.45, 7) is 3.44. The molecule has 0 radical (unpaired) electrons. The quantitative estimate of drug-likeness (QED) is 0.0549. The number of phenols is 3. The van der Waals surface area contributed by atoms with Crippen molar-refractivity contribution in [3.8, 4) is 17.2 Å². The van der Waals surface area contributed by atoms with Crippen molar-refractivity contribution < 1.29 is 63.9 Å². The Bertz CT molecular complexity index is 2030. The monoisotopic (exact) mass is 849 g/mol. The van der Waals surface area contributed by atoms with Gasteiger partial charge in [0.15, 0.2) is 0 Å². The first kappa shape index (κ1) is 48.2. The number of hydrogen-bond donors (Lipinski definition) is 12. The van der Waals surface area contributed by atoms with Crippen LogP contribution in [-0.4, -0.2) is 109 Å². The smallest absolute Gasteiger partial charge is 0.326 e. The summed E-state index contributed by atoms with van der Waals surface area (Å²) >= 11 is 0. The van der Waals surface area contributed by atoms with Crippen LogP contribution in [0.25, 0.3) is 0 Å². The van der Waals surface area contributed by atoms with Crippen molar-refractivity contribution in [3.63, 3.8) is 0 Å². The summed E-state index contributed by atoms with van der Waals surface area (Å²) in [5, 5.41) is 60.2. The molecule has 0 aliphatic carbocycles. The second kappa shape index (κ2) is 22.8. The van der Waals surface area contributed by atoms with Crippen LogP contribution in [0.15, 0.2) is 72.8 Å². The number of carboxylic acid groups (broad SMARTS) is 2. The summed E-state index contributed by atoms with van der Waals surface area (Å²) in [4.78, 5) is 104. The molecule has 3 aromatic carbocycles. The molecule has 6 atom stereocenters. The maximum atomic E-state index is 14.0. The van der Waals surface area contributed by atoms with Crippen LogP contribution in [-0.2, 0) is 57.6 Å². The molecule has 0 spiro atoms. The van der Waals surface area contributed by atoms with Crippen molar-refractivity contribution in [2.45, 2.75) is 88.6 Å². The number of benzene rings is 3. The van der Waals surface area contributed by atoms with Gasteiger partial charge in [0.25, 0.3) is 0 Å². The Morgan fingerprint density at radius 2 is 0.836 bits per heavy atom. The molecule has 328 valence electrons. The minimum Gasteiger partial charge on any atom is -0.508 e. The van der Waals surface area contributed by atoms with Gasteiger partial charge in [-0.15, -0.1) is 0 Å². The highest BCUT2D eigenvalue weighted by Crippen LogP contribution is 2.15. The summed E-state index contributed by atoms with van der Waals surface area (Å²) < 4.78 is 0. The molecular formula is C41H51N7O13. The van der Waals surface area contributed by atoms with E-state index < -0.39 is 96.5 Å². The van der Waals surface area contributed by atoms with E-state index in [4.69, 9.17) is 11.5 Å². The summed E-state index contributed by atoms with van der Waals surface area (Å²) in [5.41, 5.74) is 12.8. The Hall–Kier alpha value is -7.22. The second-order valence-electron chi connectivity index (χ2n) is 14.8. The van der Waals surface area contributed by atoms with Crippen molar-refractivity contribution in [2.24, 2.45) is 17.4 Å². The normalized spacial score (nSPS) is 13.9. The molecular weight excluding hydrogens is 798 g/mol. The molecule has 0 aromatic heterocycles. The van der Waals surface area contributed by atoms with Crippen LogP contribution >= 0.6 is 0 Å². The topological polar surface area (TPSA) is 350 Å². The van der Waals surface area contributed by atoms with Gasteiger partial charge in [0, 0.05) is 12.8 Å². The third-order valence-corrected chi connectivity index (χ3v) is 9.12. The zero-order chi connectivity index (χ0) is 45.4. The average Bonchev–Trinajstić information content (AvgIpc) is 3.18. The van der Waals surface area contributed by atoms with E-state index in [0.29, 0.717) is 16.7 Å². The van der Waals surface area contributed by atoms with E-state index in [1.54, 1.807) is 13.8 Å². The summed E-state index contributed by atoms with van der Waals surface area (Å²) in [7, 11) is 0. The van der Waals surface area contributed by atoms with Gasteiger partial charge in [-0.05, 0) is 71.8 Å². The van der Waals surface area contributed by atoms with Crippen LogP contribution in [0.1, 0.15) is 49.8 Å². The fourth-order valence-corrected chi connectivity index (χ4v) is 5.99. The van der Waals surface area contributed by atoms with Crippen LogP contribution in [0.2, 0.25) is 0 Å². The number of carboxylic acids is 2. The van der Waals surface area contributed by atoms with Crippen LogP contribution in [0.5, 0.6) is 17.2 Å². The van der Waals surface area contributed by atoms with Crippen molar-refractivity contribution in [1.29, 1.82) is 0 Å². The van der Waals surface area contributed by atoms with E-state index in [-0.39, 0.29) is 48.8 Å². The molecule has 3 rings (SSSR count). The molecule has 6 amide bonds. The van der Waals surface area contributed by atoms with Crippen molar-refractivity contribution >= 4 is 47.4 Å². The molecule has 0 unspecified atom stereocenters. The molecule has 0 aliphatic heterocycles. The maximum Gasteiger partial charge on any atom is 0.326 e. The fraction of sp³-hybridized carbons (Fsp3) is 0.366. The summed E-state index contributed by atoms with van der Waals surface area (Å²) in [6.07, 6.45) is -2.32. The van der Waals surface area contributed by atoms with Gasteiger partial charge < -0.3 is 63.6 Å². The standard InChI is InChI=1S/C41H51N7O13/c1-21(2)15-29(37(56)48-33(41(60)61)18-24-7-13-27(51)14-8-24)45-39(58)31(19-34(43)52)47-38(57)30(17-23-5-11-26(50)12-6-23)46-40(59)32(20-35(53)54)44-36(55)28(42)16-22-3-9-25(49)10-4-22/h3-14,21,28-33,49-51H,15-20,42H2,1-2H3,(H2,43,52)(H,44,55)(H,45,58)(H,46,59)(H,47,57)(H,48,56)(H,53,54)(H,60,61)/t28-,29-,30-,31-,32-,33-/m0/s1. The number of amides is 6. The van der Waals surface area contributed by atoms with Crippen molar-refractivity contribution in [3.05, 3.63) is 89.5 Å². The molecule has 0 heterocycles. The third kappa shape index (κ3) is 16.5. The van der Waals surface area contributed by atoms with Crippen LogP contribution in [0.3, 0.4) is 0 Å². The first-order valence-corrected chi connectivity index (χ1v) is 19.0. The number of nitrogens with one attached hydrogen (secondary N) is 5. The number of aliphatic carboxylic acids is 2. The number of carbonyl (C=O) groups excluding carboxylic acids is 6. The molecule has 0 fully saturated rings. The van der Waals surface area contributed by atoms with E-state index in [1.165, 1.54) is 72.8 Å². The van der Waals surface area contributed by atoms with E-state index in [9.17, 15) is 63.9 Å². The highest BCUT2D eigenvalue weighted by Gasteiger charge is 2.34. The molecule has 0 saturated carbocycles. The van der Waals surface area contributed by atoms with Gasteiger partial charge in [0.2, 0.25) is 35.4 Å². The predicted molar refractivity (Wildman–Crippen MR) is 216 cm³/mol. The van der Waals surface area contributed by atoms with Gasteiger partial charge in [0.1, 0.15) is 47.5 Å². The minimum atomic E-state index is -1.77. The molecule has 0 bridgehead atoms. The fourth-order valence-electron chi connectivity index (χ4n) is 5.99. The Morgan fingerprint density at radius 3 is 1.26 bits per heavy atom. The van der Waals surface area contributed by atoms with Crippen LogP contribution in [0, 0.1) is 5.92 Å². The van der Waals surface area contributed by atoms with E-state index in [1.807, 2.05) is 0 Å². The van der Waals surface area contributed by atoms with E-state index >= 15 is 0 Å². The Kier molecular flexibility index (Phi) is 18.0. The number of rotatable bonds is 23. The molecule has 0 saturated heterocycles. The highest BCUT2D eigenvalue weighted by molar-refractivity contribution is 5.98. The Morgan fingerprint density at radius 1 is 0.492 bits per heavy atom. The number of primary amides is 1. The molecule has 20 nitrogen and oxygen atoms in total. The highest BCUT2D eigenvalue weighted by atomic mass is 16.4. The molecule has 20 heteroatoms. The van der Waals surface area contributed by atoms with Crippen molar-refractivity contribution in [1.82, 2.24) is 26.6 Å². The van der Waals surface area contributed by atoms with E-state index in [0.717, 1.165) is 0 Å². The first-order chi connectivity index (χ1) is 28.7. The molecule has 14 N–H and O–H groups in total. The third-order valence-electron chi connectivity index (χ3n) is 9.12.